The minimum atomic E-state index is -0.765. The molecule has 0 saturated heterocycles. The van der Waals surface area contributed by atoms with Gasteiger partial charge in [-0.05, 0) is 24.7 Å². The molecule has 0 aliphatic carbocycles. The van der Waals surface area contributed by atoms with Crippen LogP contribution in [0.3, 0.4) is 0 Å². The summed E-state index contributed by atoms with van der Waals surface area (Å²) >= 11 is 0. The average Bonchev–Trinajstić information content (AvgIpc) is 2.31. The van der Waals surface area contributed by atoms with Gasteiger partial charge in [0.15, 0.2) is 0 Å². The van der Waals surface area contributed by atoms with Crippen molar-refractivity contribution >= 4 is 11.9 Å². The predicted molar refractivity (Wildman–Crippen MR) is 71.1 cm³/mol. The smallest absolute Gasteiger partial charge is 0.303 e. The summed E-state index contributed by atoms with van der Waals surface area (Å²) in [5, 5.41) is 11.4. The SMILES string of the molecule is CCC(CCNC(=O)C(N)C(C)C)CCC(=O)O. The van der Waals surface area contributed by atoms with E-state index in [-0.39, 0.29) is 18.2 Å². The summed E-state index contributed by atoms with van der Waals surface area (Å²) in [4.78, 5) is 22.1. The third-order valence-corrected chi connectivity index (χ3v) is 3.22. The van der Waals surface area contributed by atoms with E-state index in [1.165, 1.54) is 0 Å². The van der Waals surface area contributed by atoms with Crippen molar-refractivity contribution in [3.63, 3.8) is 0 Å². The van der Waals surface area contributed by atoms with Crippen LogP contribution in [-0.4, -0.2) is 29.6 Å². The number of carboxylic acids is 1. The lowest BCUT2D eigenvalue weighted by Crippen LogP contribution is -2.44. The molecule has 2 atom stereocenters. The van der Waals surface area contributed by atoms with E-state index in [0.717, 1.165) is 12.8 Å². The second-order valence-corrected chi connectivity index (χ2v) is 5.06. The van der Waals surface area contributed by atoms with Crippen LogP contribution < -0.4 is 11.1 Å². The molecule has 2 unspecified atom stereocenters. The molecule has 0 spiro atoms. The number of rotatable bonds is 9. The Bertz CT molecular complexity index is 267. The lowest BCUT2D eigenvalue weighted by molar-refractivity contribution is -0.137. The Balaban J connectivity index is 3.86. The molecule has 1 amide bonds. The fourth-order valence-corrected chi connectivity index (χ4v) is 1.70. The van der Waals surface area contributed by atoms with E-state index in [2.05, 4.69) is 5.32 Å². The molecule has 0 aromatic carbocycles. The number of hydrogen-bond donors (Lipinski definition) is 3. The number of aliphatic carboxylic acids is 1. The van der Waals surface area contributed by atoms with Crippen LogP contribution in [0.25, 0.3) is 0 Å². The fraction of sp³-hybridized carbons (Fsp3) is 0.846. The number of hydrogen-bond acceptors (Lipinski definition) is 3. The van der Waals surface area contributed by atoms with Crippen LogP contribution in [0.15, 0.2) is 0 Å². The molecule has 0 rings (SSSR count). The van der Waals surface area contributed by atoms with Gasteiger partial charge in [-0.3, -0.25) is 9.59 Å². The molecule has 0 bridgehead atoms. The molecule has 0 aliphatic heterocycles. The Hall–Kier alpha value is -1.10. The summed E-state index contributed by atoms with van der Waals surface area (Å²) in [5.41, 5.74) is 5.72. The van der Waals surface area contributed by atoms with E-state index in [4.69, 9.17) is 10.8 Å². The van der Waals surface area contributed by atoms with Gasteiger partial charge in [0, 0.05) is 13.0 Å². The van der Waals surface area contributed by atoms with Crippen LogP contribution >= 0.6 is 0 Å². The zero-order valence-corrected chi connectivity index (χ0v) is 11.6. The topological polar surface area (TPSA) is 92.4 Å². The first kappa shape index (κ1) is 16.9. The molecule has 5 nitrogen and oxygen atoms in total. The highest BCUT2D eigenvalue weighted by Gasteiger charge is 2.17. The lowest BCUT2D eigenvalue weighted by atomic mass is 9.96. The number of amides is 1. The first-order chi connectivity index (χ1) is 8.38. The monoisotopic (exact) mass is 258 g/mol. The molecule has 0 radical (unpaired) electrons. The molecule has 18 heavy (non-hydrogen) atoms. The van der Waals surface area contributed by atoms with Crippen molar-refractivity contribution in [2.75, 3.05) is 6.54 Å². The molecule has 0 aliphatic rings. The summed E-state index contributed by atoms with van der Waals surface area (Å²) in [7, 11) is 0. The largest absolute Gasteiger partial charge is 0.481 e. The average molecular weight is 258 g/mol. The second kappa shape index (κ2) is 8.91. The molecular formula is C13H26N2O3. The van der Waals surface area contributed by atoms with E-state index in [1.807, 2.05) is 20.8 Å². The Morgan fingerprint density at radius 1 is 1.28 bits per heavy atom. The summed E-state index contributed by atoms with van der Waals surface area (Å²) in [6.07, 6.45) is 2.59. The van der Waals surface area contributed by atoms with Gasteiger partial charge >= 0.3 is 5.97 Å². The molecule has 106 valence electrons. The zero-order valence-electron chi connectivity index (χ0n) is 11.6. The second-order valence-electron chi connectivity index (χ2n) is 5.06. The molecule has 0 aromatic heterocycles. The molecule has 0 aromatic rings. The number of carboxylic acid groups (broad SMARTS) is 1. The van der Waals surface area contributed by atoms with Crippen LogP contribution in [0.5, 0.6) is 0 Å². The van der Waals surface area contributed by atoms with Crippen LogP contribution in [0.4, 0.5) is 0 Å². The van der Waals surface area contributed by atoms with Gasteiger partial charge in [-0.25, -0.2) is 0 Å². The third kappa shape index (κ3) is 7.27. The summed E-state index contributed by atoms with van der Waals surface area (Å²) in [6, 6.07) is -0.468. The first-order valence-corrected chi connectivity index (χ1v) is 6.63. The maximum absolute atomic E-state index is 11.6. The quantitative estimate of drug-likeness (QED) is 0.582. The van der Waals surface area contributed by atoms with Crippen LogP contribution in [0.1, 0.15) is 46.5 Å². The van der Waals surface area contributed by atoms with Crippen LogP contribution in [-0.2, 0) is 9.59 Å². The normalized spacial score (nSPS) is 14.3. The number of nitrogens with one attached hydrogen (secondary N) is 1. The van der Waals surface area contributed by atoms with Gasteiger partial charge in [-0.1, -0.05) is 27.2 Å². The highest BCUT2D eigenvalue weighted by atomic mass is 16.4. The fourth-order valence-electron chi connectivity index (χ4n) is 1.70. The zero-order chi connectivity index (χ0) is 14.1. The van der Waals surface area contributed by atoms with Crippen LogP contribution in [0, 0.1) is 11.8 Å². The first-order valence-electron chi connectivity index (χ1n) is 6.63. The van der Waals surface area contributed by atoms with Gasteiger partial charge in [0.25, 0.3) is 0 Å². The Kier molecular flexibility index (Phi) is 8.37. The van der Waals surface area contributed by atoms with E-state index in [9.17, 15) is 9.59 Å². The molecule has 0 fully saturated rings. The molecule has 5 heteroatoms. The number of nitrogens with two attached hydrogens (primary N) is 1. The van der Waals surface area contributed by atoms with Crippen molar-refractivity contribution in [1.29, 1.82) is 0 Å². The van der Waals surface area contributed by atoms with E-state index < -0.39 is 12.0 Å². The van der Waals surface area contributed by atoms with Gasteiger partial charge in [-0.2, -0.15) is 0 Å². The highest BCUT2D eigenvalue weighted by molar-refractivity contribution is 5.81. The van der Waals surface area contributed by atoms with Crippen molar-refractivity contribution in [2.45, 2.75) is 52.5 Å². The summed E-state index contributed by atoms with van der Waals surface area (Å²) in [6.45, 7) is 6.42. The van der Waals surface area contributed by atoms with Gasteiger partial charge < -0.3 is 16.2 Å². The van der Waals surface area contributed by atoms with Crippen molar-refractivity contribution in [2.24, 2.45) is 17.6 Å². The third-order valence-electron chi connectivity index (χ3n) is 3.22. The molecular weight excluding hydrogens is 232 g/mol. The maximum Gasteiger partial charge on any atom is 0.303 e. The van der Waals surface area contributed by atoms with Crippen molar-refractivity contribution in [3.8, 4) is 0 Å². The molecule has 0 saturated carbocycles. The minimum absolute atomic E-state index is 0.124. The number of carbonyl (C=O) groups excluding carboxylic acids is 1. The lowest BCUT2D eigenvalue weighted by Gasteiger charge is -2.17. The Morgan fingerprint density at radius 2 is 1.89 bits per heavy atom. The Labute approximate surface area is 109 Å². The van der Waals surface area contributed by atoms with Gasteiger partial charge in [0.05, 0.1) is 6.04 Å². The predicted octanol–water partition coefficient (Wildman–Crippen LogP) is 1.37. The minimum Gasteiger partial charge on any atom is -0.481 e. The van der Waals surface area contributed by atoms with Crippen molar-refractivity contribution < 1.29 is 14.7 Å². The van der Waals surface area contributed by atoms with E-state index >= 15 is 0 Å². The van der Waals surface area contributed by atoms with E-state index in [0.29, 0.717) is 18.9 Å². The molecule has 0 heterocycles. The van der Waals surface area contributed by atoms with Crippen LogP contribution in [0.2, 0.25) is 0 Å². The summed E-state index contributed by atoms with van der Waals surface area (Å²) in [5.74, 6) is -0.423. The standard InChI is InChI=1S/C13H26N2O3/c1-4-10(5-6-11(16)17)7-8-15-13(18)12(14)9(2)3/h9-10,12H,4-8,14H2,1-3H3,(H,15,18)(H,16,17). The highest BCUT2D eigenvalue weighted by Crippen LogP contribution is 2.14. The van der Waals surface area contributed by atoms with E-state index in [1.54, 1.807) is 0 Å². The van der Waals surface area contributed by atoms with Crippen molar-refractivity contribution in [3.05, 3.63) is 0 Å². The number of carbonyl (C=O) groups is 2. The van der Waals surface area contributed by atoms with Gasteiger partial charge in [0.1, 0.15) is 0 Å². The molecule has 4 N–H and O–H groups in total. The Morgan fingerprint density at radius 3 is 2.33 bits per heavy atom. The summed E-state index contributed by atoms with van der Waals surface area (Å²) < 4.78 is 0. The van der Waals surface area contributed by atoms with Gasteiger partial charge in [0.2, 0.25) is 5.91 Å². The van der Waals surface area contributed by atoms with Crippen molar-refractivity contribution in [1.82, 2.24) is 5.32 Å². The maximum atomic E-state index is 11.6. The van der Waals surface area contributed by atoms with Gasteiger partial charge in [-0.15, -0.1) is 0 Å².